The first-order chi connectivity index (χ1) is 11.0. The van der Waals surface area contributed by atoms with Crippen molar-refractivity contribution in [2.45, 2.75) is 12.7 Å². The second-order valence-electron chi connectivity index (χ2n) is 5.16. The van der Waals surface area contributed by atoms with E-state index in [0.29, 0.717) is 11.1 Å². The van der Waals surface area contributed by atoms with E-state index in [0.717, 1.165) is 8.61 Å². The Morgan fingerprint density at radius 2 is 1.71 bits per heavy atom. The van der Waals surface area contributed by atoms with Gasteiger partial charge in [0.25, 0.3) is 10.2 Å². The van der Waals surface area contributed by atoms with Gasteiger partial charge in [0.15, 0.2) is 0 Å². The van der Waals surface area contributed by atoms with Crippen molar-refractivity contribution in [3.8, 4) is 11.4 Å². The molecule has 0 aliphatic heterocycles. The third-order valence-electron chi connectivity index (χ3n) is 3.14. The molecule has 0 fully saturated rings. The summed E-state index contributed by atoms with van der Waals surface area (Å²) in [5.74, 6) is -1.61. The van der Waals surface area contributed by atoms with Crippen molar-refractivity contribution in [2.24, 2.45) is 0 Å². The molecule has 2 rings (SSSR count). The summed E-state index contributed by atoms with van der Waals surface area (Å²) in [4.78, 5) is 3.29. The summed E-state index contributed by atoms with van der Waals surface area (Å²) in [5.41, 5.74) is 0.988. The standard InChI is InChI=1S/C13H15F3N4O3S/c1-19(2)24(21,22)20(3)8-9-4-6-10(7-5-9)11-17-12(23-18-11)13(14,15)16/h4-7H,8H2,1-3H3. The molecule has 0 aliphatic rings. The maximum atomic E-state index is 12.4. The Labute approximate surface area is 136 Å². The van der Waals surface area contributed by atoms with Gasteiger partial charge in [-0.05, 0) is 5.56 Å². The maximum absolute atomic E-state index is 12.4. The first-order valence-corrected chi connectivity index (χ1v) is 8.05. The van der Waals surface area contributed by atoms with Gasteiger partial charge in [-0.15, -0.1) is 0 Å². The molecular weight excluding hydrogens is 349 g/mol. The van der Waals surface area contributed by atoms with Crippen molar-refractivity contribution in [1.82, 2.24) is 18.8 Å². The van der Waals surface area contributed by atoms with E-state index in [1.54, 1.807) is 12.1 Å². The molecule has 0 saturated carbocycles. The van der Waals surface area contributed by atoms with Gasteiger partial charge in [-0.2, -0.15) is 35.2 Å². The zero-order valence-corrected chi connectivity index (χ0v) is 13.9. The lowest BCUT2D eigenvalue weighted by Gasteiger charge is -2.21. The zero-order chi connectivity index (χ0) is 18.1. The highest BCUT2D eigenvalue weighted by Crippen LogP contribution is 2.29. The fourth-order valence-corrected chi connectivity index (χ4v) is 2.70. The van der Waals surface area contributed by atoms with E-state index in [-0.39, 0.29) is 12.4 Å². The van der Waals surface area contributed by atoms with Crippen molar-refractivity contribution in [1.29, 1.82) is 0 Å². The van der Waals surface area contributed by atoms with E-state index in [1.165, 1.54) is 33.3 Å². The van der Waals surface area contributed by atoms with Crippen LogP contribution in [-0.4, -0.2) is 48.3 Å². The Hall–Kier alpha value is -1.98. The molecular formula is C13H15F3N4O3S. The van der Waals surface area contributed by atoms with E-state index >= 15 is 0 Å². The fourth-order valence-electron chi connectivity index (χ4n) is 1.83. The van der Waals surface area contributed by atoms with Crippen LogP contribution < -0.4 is 0 Å². The van der Waals surface area contributed by atoms with E-state index < -0.39 is 22.3 Å². The maximum Gasteiger partial charge on any atom is 0.471 e. The largest absolute Gasteiger partial charge is 0.471 e. The molecule has 0 atom stereocenters. The van der Waals surface area contributed by atoms with Gasteiger partial charge < -0.3 is 4.52 Å². The zero-order valence-electron chi connectivity index (χ0n) is 13.1. The van der Waals surface area contributed by atoms with Crippen LogP contribution in [0.3, 0.4) is 0 Å². The van der Waals surface area contributed by atoms with E-state index in [2.05, 4.69) is 14.7 Å². The predicted octanol–water partition coefficient (Wildman–Crippen LogP) is 1.99. The molecule has 2 aromatic rings. The Kier molecular flexibility index (Phi) is 4.97. The van der Waals surface area contributed by atoms with E-state index in [9.17, 15) is 21.6 Å². The second-order valence-corrected chi connectivity index (χ2v) is 7.41. The monoisotopic (exact) mass is 364 g/mol. The van der Waals surface area contributed by atoms with Gasteiger partial charge in [-0.3, -0.25) is 0 Å². The van der Waals surface area contributed by atoms with Crippen molar-refractivity contribution >= 4 is 10.2 Å². The van der Waals surface area contributed by atoms with E-state index in [4.69, 9.17) is 0 Å². The SMILES string of the molecule is CN(C)S(=O)(=O)N(C)Cc1ccc(-c2noc(C(F)(F)F)n2)cc1. The lowest BCUT2D eigenvalue weighted by Crippen LogP contribution is -2.36. The Morgan fingerprint density at radius 3 is 2.17 bits per heavy atom. The van der Waals surface area contributed by atoms with Crippen LogP contribution in [-0.2, 0) is 22.9 Å². The van der Waals surface area contributed by atoms with Crippen LogP contribution in [0.15, 0.2) is 28.8 Å². The number of nitrogens with zero attached hydrogens (tertiary/aromatic N) is 4. The van der Waals surface area contributed by atoms with E-state index in [1.807, 2.05) is 0 Å². The first kappa shape index (κ1) is 18.4. The van der Waals surface area contributed by atoms with Crippen molar-refractivity contribution < 1.29 is 26.1 Å². The lowest BCUT2D eigenvalue weighted by atomic mass is 10.1. The van der Waals surface area contributed by atoms with Crippen molar-refractivity contribution in [3.05, 3.63) is 35.7 Å². The summed E-state index contributed by atoms with van der Waals surface area (Å²) >= 11 is 0. The molecule has 132 valence electrons. The Morgan fingerprint density at radius 1 is 1.12 bits per heavy atom. The summed E-state index contributed by atoms with van der Waals surface area (Å²) in [6.45, 7) is 0.112. The Balaban J connectivity index is 2.15. The summed E-state index contributed by atoms with van der Waals surface area (Å²) in [5, 5.41) is 3.29. The molecule has 7 nitrogen and oxygen atoms in total. The highest BCUT2D eigenvalue weighted by atomic mass is 32.2. The quantitative estimate of drug-likeness (QED) is 0.811. The first-order valence-electron chi connectivity index (χ1n) is 6.66. The highest BCUT2D eigenvalue weighted by Gasteiger charge is 2.38. The molecule has 0 saturated heterocycles. The molecule has 0 unspecified atom stereocenters. The van der Waals surface area contributed by atoms with Crippen LogP contribution in [0.1, 0.15) is 11.5 Å². The highest BCUT2D eigenvalue weighted by molar-refractivity contribution is 7.86. The van der Waals surface area contributed by atoms with Gasteiger partial charge in [0, 0.05) is 33.3 Å². The molecule has 24 heavy (non-hydrogen) atoms. The number of rotatable bonds is 5. The Bertz CT molecular complexity index is 801. The molecule has 0 bridgehead atoms. The van der Waals surface area contributed by atoms with Crippen LogP contribution in [0.2, 0.25) is 0 Å². The molecule has 0 spiro atoms. The predicted molar refractivity (Wildman–Crippen MR) is 78.8 cm³/mol. The molecule has 0 radical (unpaired) electrons. The second kappa shape index (κ2) is 6.49. The summed E-state index contributed by atoms with van der Waals surface area (Å²) in [7, 11) is 0.720. The third kappa shape index (κ3) is 3.91. The van der Waals surface area contributed by atoms with Gasteiger partial charge in [-0.25, -0.2) is 0 Å². The summed E-state index contributed by atoms with van der Waals surface area (Å²) < 4.78 is 67.6. The van der Waals surface area contributed by atoms with Gasteiger partial charge in [0.05, 0.1) is 0 Å². The average molecular weight is 364 g/mol. The minimum absolute atomic E-state index is 0.112. The number of aromatic nitrogens is 2. The summed E-state index contributed by atoms with van der Waals surface area (Å²) in [6, 6.07) is 6.16. The average Bonchev–Trinajstić information content (AvgIpc) is 2.97. The smallest absolute Gasteiger partial charge is 0.329 e. The minimum Gasteiger partial charge on any atom is -0.329 e. The number of alkyl halides is 3. The van der Waals surface area contributed by atoms with Gasteiger partial charge >= 0.3 is 12.1 Å². The van der Waals surface area contributed by atoms with Crippen LogP contribution >= 0.6 is 0 Å². The van der Waals surface area contributed by atoms with Crippen LogP contribution in [0.5, 0.6) is 0 Å². The van der Waals surface area contributed by atoms with Crippen molar-refractivity contribution in [3.63, 3.8) is 0 Å². The van der Waals surface area contributed by atoms with Crippen molar-refractivity contribution in [2.75, 3.05) is 21.1 Å². The van der Waals surface area contributed by atoms with Gasteiger partial charge in [-0.1, -0.05) is 29.4 Å². The normalized spacial score (nSPS) is 13.0. The lowest BCUT2D eigenvalue weighted by molar-refractivity contribution is -0.159. The minimum atomic E-state index is -4.70. The number of hydrogen-bond donors (Lipinski definition) is 0. The topological polar surface area (TPSA) is 79.5 Å². The number of halogens is 3. The molecule has 1 aromatic carbocycles. The number of hydrogen-bond acceptors (Lipinski definition) is 5. The van der Waals surface area contributed by atoms with Crippen LogP contribution in [0, 0.1) is 0 Å². The molecule has 0 aliphatic carbocycles. The molecule has 0 amide bonds. The number of benzene rings is 1. The molecule has 11 heteroatoms. The van der Waals surface area contributed by atoms with Gasteiger partial charge in [0.2, 0.25) is 5.82 Å². The van der Waals surface area contributed by atoms with Gasteiger partial charge in [0.1, 0.15) is 0 Å². The van der Waals surface area contributed by atoms with Crippen LogP contribution in [0.25, 0.3) is 11.4 Å². The summed E-state index contributed by atoms with van der Waals surface area (Å²) in [6.07, 6.45) is -4.70. The molecule has 1 heterocycles. The molecule has 0 N–H and O–H groups in total. The van der Waals surface area contributed by atoms with Crippen LogP contribution in [0.4, 0.5) is 13.2 Å². The third-order valence-corrected chi connectivity index (χ3v) is 4.98. The molecule has 1 aromatic heterocycles. The fraction of sp³-hybridized carbons (Fsp3) is 0.385.